The van der Waals surface area contributed by atoms with E-state index in [9.17, 15) is 9.59 Å². The summed E-state index contributed by atoms with van der Waals surface area (Å²) in [5.41, 5.74) is 1.49. The summed E-state index contributed by atoms with van der Waals surface area (Å²) in [6.07, 6.45) is 0.978. The van der Waals surface area contributed by atoms with Crippen molar-refractivity contribution in [2.24, 2.45) is 0 Å². The van der Waals surface area contributed by atoms with Crippen molar-refractivity contribution in [3.63, 3.8) is 0 Å². The van der Waals surface area contributed by atoms with Gasteiger partial charge in [0.1, 0.15) is 18.4 Å². The Labute approximate surface area is 122 Å². The molecule has 1 aromatic heterocycles. The molecule has 1 amide bonds. The number of carbonyl (C=O) groups excluding carboxylic acids is 1. The third-order valence-corrected chi connectivity index (χ3v) is 3.41. The van der Waals surface area contributed by atoms with Gasteiger partial charge in [-0.2, -0.15) is 0 Å². The normalized spacial score (nSPS) is 22.0. The first-order valence-corrected chi connectivity index (χ1v) is 7.00. The molecule has 1 saturated heterocycles. The van der Waals surface area contributed by atoms with Crippen molar-refractivity contribution in [1.29, 1.82) is 0 Å². The van der Waals surface area contributed by atoms with Crippen LogP contribution < -0.4 is 5.32 Å². The highest BCUT2D eigenvalue weighted by Crippen LogP contribution is 2.13. The summed E-state index contributed by atoms with van der Waals surface area (Å²) in [5, 5.41) is 11.5. The maximum absolute atomic E-state index is 12.2. The lowest BCUT2D eigenvalue weighted by molar-refractivity contribution is -0.148. The molecule has 0 unspecified atom stereocenters. The fourth-order valence-electron chi connectivity index (χ4n) is 2.24. The van der Waals surface area contributed by atoms with Gasteiger partial charge in [-0.05, 0) is 25.0 Å². The van der Waals surface area contributed by atoms with Gasteiger partial charge in [0.15, 0.2) is 0 Å². The highest BCUT2D eigenvalue weighted by Gasteiger charge is 2.29. The number of hydrogen-bond donors (Lipinski definition) is 3. The first-order chi connectivity index (χ1) is 10.1. The Morgan fingerprint density at radius 2 is 2.33 bits per heavy atom. The number of carbonyl (C=O) groups is 2. The summed E-state index contributed by atoms with van der Waals surface area (Å²) in [5.74, 6) is -1.26. The van der Waals surface area contributed by atoms with Gasteiger partial charge in [-0.15, -0.1) is 0 Å². The van der Waals surface area contributed by atoms with Crippen LogP contribution in [0.25, 0.3) is 0 Å². The molecule has 7 heteroatoms. The number of rotatable bonds is 6. The van der Waals surface area contributed by atoms with Crippen LogP contribution in [-0.2, 0) is 20.7 Å². The van der Waals surface area contributed by atoms with E-state index < -0.39 is 18.7 Å². The molecule has 21 heavy (non-hydrogen) atoms. The summed E-state index contributed by atoms with van der Waals surface area (Å²) >= 11 is 0. The zero-order valence-electron chi connectivity index (χ0n) is 11.9. The lowest BCUT2D eigenvalue weighted by atomic mass is 10.1. The number of H-pyrrole nitrogens is 1. The molecule has 3 N–H and O–H groups in total. The zero-order chi connectivity index (χ0) is 15.2. The fraction of sp³-hybridized carbons (Fsp3) is 0.571. The molecule has 0 aliphatic carbocycles. The number of carboxylic acid groups (broad SMARTS) is 1. The van der Waals surface area contributed by atoms with E-state index in [2.05, 4.69) is 10.3 Å². The van der Waals surface area contributed by atoms with Crippen molar-refractivity contribution < 1.29 is 24.2 Å². The van der Waals surface area contributed by atoms with Crippen molar-refractivity contribution in [2.75, 3.05) is 19.8 Å². The zero-order valence-corrected chi connectivity index (χ0v) is 11.9. The van der Waals surface area contributed by atoms with Crippen molar-refractivity contribution in [3.05, 3.63) is 23.5 Å². The minimum absolute atomic E-state index is 0.217. The van der Waals surface area contributed by atoms with Crippen LogP contribution in [0.15, 0.2) is 12.1 Å². The summed E-state index contributed by atoms with van der Waals surface area (Å²) in [6, 6.07) is 3.36. The smallest absolute Gasteiger partial charge is 0.329 e. The van der Waals surface area contributed by atoms with Crippen molar-refractivity contribution in [3.8, 4) is 0 Å². The van der Waals surface area contributed by atoms with Crippen LogP contribution in [0, 0.1) is 0 Å². The molecule has 0 aromatic carbocycles. The number of ether oxygens (including phenoxy) is 2. The van der Waals surface area contributed by atoms with Gasteiger partial charge in [0, 0.05) is 12.3 Å². The monoisotopic (exact) mass is 296 g/mol. The molecule has 0 saturated carbocycles. The van der Waals surface area contributed by atoms with Gasteiger partial charge in [0.2, 0.25) is 0 Å². The first kappa shape index (κ1) is 15.5. The van der Waals surface area contributed by atoms with E-state index >= 15 is 0 Å². The van der Waals surface area contributed by atoms with Crippen LogP contribution in [0.3, 0.4) is 0 Å². The molecule has 116 valence electrons. The van der Waals surface area contributed by atoms with Gasteiger partial charge < -0.3 is 24.9 Å². The number of amides is 1. The van der Waals surface area contributed by atoms with Crippen LogP contribution >= 0.6 is 0 Å². The van der Waals surface area contributed by atoms with E-state index in [1.807, 2.05) is 13.0 Å². The molecule has 7 nitrogen and oxygen atoms in total. The molecule has 2 heterocycles. The summed E-state index contributed by atoms with van der Waals surface area (Å²) in [6.45, 7) is 2.40. The van der Waals surface area contributed by atoms with E-state index in [0.717, 1.165) is 12.1 Å². The van der Waals surface area contributed by atoms with E-state index in [-0.39, 0.29) is 18.6 Å². The maximum atomic E-state index is 12.2. The second-order valence-electron chi connectivity index (χ2n) is 4.94. The first-order valence-electron chi connectivity index (χ1n) is 7.00. The summed E-state index contributed by atoms with van der Waals surface area (Å²) in [4.78, 5) is 25.8. The number of aromatic nitrogens is 1. The van der Waals surface area contributed by atoms with E-state index in [0.29, 0.717) is 18.7 Å². The average molecular weight is 296 g/mol. The van der Waals surface area contributed by atoms with Gasteiger partial charge in [0.05, 0.1) is 12.6 Å². The largest absolute Gasteiger partial charge is 0.480 e. The maximum Gasteiger partial charge on any atom is 0.329 e. The lowest BCUT2D eigenvalue weighted by Gasteiger charge is -2.31. The Hall–Kier alpha value is -1.86. The quantitative estimate of drug-likeness (QED) is 0.712. The van der Waals surface area contributed by atoms with Gasteiger partial charge >= 0.3 is 5.97 Å². The van der Waals surface area contributed by atoms with E-state index in [1.165, 1.54) is 0 Å². The molecule has 1 aliphatic rings. The lowest BCUT2D eigenvalue weighted by Crippen LogP contribution is -2.50. The van der Waals surface area contributed by atoms with Crippen molar-refractivity contribution in [1.82, 2.24) is 10.3 Å². The third kappa shape index (κ3) is 4.30. The van der Waals surface area contributed by atoms with E-state index in [1.54, 1.807) is 6.07 Å². The average Bonchev–Trinajstić information content (AvgIpc) is 2.95. The second kappa shape index (κ2) is 7.24. The van der Waals surface area contributed by atoms with Crippen molar-refractivity contribution in [2.45, 2.75) is 31.9 Å². The molecule has 1 fully saturated rings. The van der Waals surface area contributed by atoms with Crippen molar-refractivity contribution >= 4 is 11.9 Å². The van der Waals surface area contributed by atoms with Crippen LogP contribution in [-0.4, -0.2) is 53.9 Å². The standard InChI is InChI=1S/C14H20N2O5/c1-2-9-3-4-11(15-9)14(19)16-10-5-6-20-7-12(10)21-8-13(17)18/h3-4,10,12,15H,2,5-8H2,1H3,(H,16,19)(H,17,18)/t10-,12-/m1/s1. The highest BCUT2D eigenvalue weighted by atomic mass is 16.5. The Morgan fingerprint density at radius 1 is 1.52 bits per heavy atom. The number of hydrogen-bond acceptors (Lipinski definition) is 4. The molecule has 2 rings (SSSR count). The van der Waals surface area contributed by atoms with Gasteiger partial charge in [0.25, 0.3) is 5.91 Å². The number of aromatic amines is 1. The summed E-state index contributed by atoms with van der Waals surface area (Å²) in [7, 11) is 0. The predicted molar refractivity (Wildman–Crippen MR) is 74.2 cm³/mol. The van der Waals surface area contributed by atoms with Gasteiger partial charge in [-0.1, -0.05) is 6.92 Å². The minimum atomic E-state index is -1.04. The molecule has 1 aliphatic heterocycles. The minimum Gasteiger partial charge on any atom is -0.480 e. The second-order valence-corrected chi connectivity index (χ2v) is 4.94. The Bertz CT molecular complexity index is 499. The van der Waals surface area contributed by atoms with Crippen LogP contribution in [0.5, 0.6) is 0 Å². The predicted octanol–water partition coefficient (Wildman–Crippen LogP) is 0.566. The molecule has 0 radical (unpaired) electrons. The number of aryl methyl sites for hydroxylation is 1. The van der Waals surface area contributed by atoms with Crippen LogP contribution in [0.4, 0.5) is 0 Å². The number of aliphatic carboxylic acids is 1. The summed E-state index contributed by atoms with van der Waals surface area (Å²) < 4.78 is 10.5. The van der Waals surface area contributed by atoms with Gasteiger partial charge in [-0.25, -0.2) is 4.79 Å². The molecule has 1 aromatic rings. The van der Waals surface area contributed by atoms with Gasteiger partial charge in [-0.3, -0.25) is 4.79 Å². The Kier molecular flexibility index (Phi) is 5.35. The van der Waals surface area contributed by atoms with Crippen LogP contribution in [0.2, 0.25) is 0 Å². The van der Waals surface area contributed by atoms with Crippen LogP contribution in [0.1, 0.15) is 29.5 Å². The topological polar surface area (TPSA) is 101 Å². The Balaban J connectivity index is 1.94. The molecular formula is C14H20N2O5. The molecule has 2 atom stereocenters. The SMILES string of the molecule is CCc1ccc(C(=O)N[C@@H]2CCOC[C@H]2OCC(=O)O)[nH]1. The molecule has 0 bridgehead atoms. The highest BCUT2D eigenvalue weighted by molar-refractivity contribution is 5.92. The third-order valence-electron chi connectivity index (χ3n) is 3.41. The molecular weight excluding hydrogens is 276 g/mol. The molecule has 0 spiro atoms. The Morgan fingerprint density at radius 3 is 3.00 bits per heavy atom. The van der Waals surface area contributed by atoms with E-state index in [4.69, 9.17) is 14.6 Å². The fourth-order valence-corrected chi connectivity index (χ4v) is 2.24. The number of carboxylic acids is 1. The number of nitrogens with one attached hydrogen (secondary N) is 2.